The van der Waals surface area contributed by atoms with Gasteiger partial charge in [0, 0.05) is 43.0 Å². The minimum atomic E-state index is -0.383. The Labute approximate surface area is 191 Å². The lowest BCUT2D eigenvalue weighted by Gasteiger charge is -2.06. The fourth-order valence-corrected chi connectivity index (χ4v) is 3.62. The summed E-state index contributed by atoms with van der Waals surface area (Å²) in [5.41, 5.74) is 3.31. The summed E-state index contributed by atoms with van der Waals surface area (Å²) >= 11 is 0. The number of aromatic nitrogens is 3. The smallest absolute Gasteiger partial charge is 0.270 e. The van der Waals surface area contributed by atoms with Gasteiger partial charge in [0.25, 0.3) is 11.5 Å². The Morgan fingerprint density at radius 1 is 1.18 bits per heavy atom. The summed E-state index contributed by atoms with van der Waals surface area (Å²) < 4.78 is 6.48. The molecule has 0 spiro atoms. The maximum absolute atomic E-state index is 12.6. The molecular weight excluding hydrogens is 418 g/mol. The van der Waals surface area contributed by atoms with Crippen LogP contribution in [0.5, 0.6) is 0 Å². The number of aromatic amines is 1. The molecule has 33 heavy (non-hydrogen) atoms. The van der Waals surface area contributed by atoms with Crippen LogP contribution in [-0.4, -0.2) is 33.9 Å². The first-order valence-electron chi connectivity index (χ1n) is 10.8. The van der Waals surface area contributed by atoms with Crippen molar-refractivity contribution in [3.8, 4) is 0 Å². The summed E-state index contributed by atoms with van der Waals surface area (Å²) in [7, 11) is 1.64. The van der Waals surface area contributed by atoms with Gasteiger partial charge in [-0.2, -0.15) is 0 Å². The fourth-order valence-electron chi connectivity index (χ4n) is 3.62. The first-order valence-corrected chi connectivity index (χ1v) is 10.8. The Bertz CT molecular complexity index is 1360. The van der Waals surface area contributed by atoms with E-state index in [1.807, 2.05) is 18.2 Å². The molecule has 4 rings (SSSR count). The summed E-state index contributed by atoms with van der Waals surface area (Å²) in [6.07, 6.45) is 3.43. The maximum atomic E-state index is 12.6. The third-order valence-corrected chi connectivity index (χ3v) is 5.41. The molecule has 8 heteroatoms. The zero-order valence-electron chi connectivity index (χ0n) is 18.6. The summed E-state index contributed by atoms with van der Waals surface area (Å²) in [5.74, 6) is 0.414. The Balaban J connectivity index is 1.35. The summed E-state index contributed by atoms with van der Waals surface area (Å²) in [5, 5.41) is 7.37. The summed E-state index contributed by atoms with van der Waals surface area (Å²) in [6.45, 7) is 5.77. The van der Waals surface area contributed by atoms with Crippen molar-refractivity contribution in [2.24, 2.45) is 0 Å². The van der Waals surface area contributed by atoms with E-state index in [-0.39, 0.29) is 17.2 Å². The van der Waals surface area contributed by atoms with Crippen molar-refractivity contribution in [1.82, 2.24) is 25.0 Å². The molecule has 170 valence electrons. The van der Waals surface area contributed by atoms with Crippen molar-refractivity contribution < 1.29 is 9.53 Å². The molecule has 0 bridgehead atoms. The summed E-state index contributed by atoms with van der Waals surface area (Å²) in [4.78, 5) is 32.5. The van der Waals surface area contributed by atoms with Crippen LogP contribution in [0.3, 0.4) is 0 Å². The molecule has 3 heterocycles. The minimum absolute atomic E-state index is 0.106. The number of nitrogens with one attached hydrogen (secondary N) is 3. The number of hydrogen-bond donors (Lipinski definition) is 3. The molecule has 3 aromatic heterocycles. The fraction of sp³-hybridized carbons (Fsp3) is 0.240. The van der Waals surface area contributed by atoms with Crippen LogP contribution in [0.25, 0.3) is 16.6 Å². The van der Waals surface area contributed by atoms with Gasteiger partial charge in [-0.15, -0.1) is 0 Å². The standard InChI is InChI=1S/C25H27N5O3/c1-17(33-2)6-5-10-26-16-20-13-19-9-8-18(12-21(19)28-20)15-27-25(32)22-14-24(31)30-11-4-3-7-23(30)29-22/h3-4,7-9,11-14,26,28H,1,5-6,10,15-16H2,2H3,(H,27,32). The number of H-pyrrole nitrogens is 1. The van der Waals surface area contributed by atoms with Gasteiger partial charge in [0.05, 0.1) is 12.9 Å². The SMILES string of the molecule is C=C(CCCNCc1cc2ccc(CNC(=O)c3cc(=O)n4ccccc4n3)cc2[nH]1)OC. The number of amides is 1. The predicted octanol–water partition coefficient (Wildman–Crippen LogP) is 3.14. The number of rotatable bonds is 10. The van der Waals surface area contributed by atoms with E-state index < -0.39 is 0 Å². The number of benzene rings is 1. The molecule has 0 atom stereocenters. The topological polar surface area (TPSA) is 101 Å². The van der Waals surface area contributed by atoms with Crippen molar-refractivity contribution >= 4 is 22.5 Å². The van der Waals surface area contributed by atoms with E-state index in [1.54, 1.807) is 31.5 Å². The lowest BCUT2D eigenvalue weighted by atomic mass is 10.1. The Morgan fingerprint density at radius 3 is 2.91 bits per heavy atom. The largest absolute Gasteiger partial charge is 0.502 e. The zero-order chi connectivity index (χ0) is 23.2. The van der Waals surface area contributed by atoms with E-state index in [2.05, 4.69) is 33.2 Å². The number of methoxy groups -OCH3 is 1. The Morgan fingerprint density at radius 2 is 2.06 bits per heavy atom. The van der Waals surface area contributed by atoms with Crippen molar-refractivity contribution in [1.29, 1.82) is 0 Å². The molecule has 0 aliphatic heterocycles. The second kappa shape index (κ2) is 10.1. The molecule has 0 saturated heterocycles. The molecular formula is C25H27N5O3. The van der Waals surface area contributed by atoms with Crippen LogP contribution in [0.2, 0.25) is 0 Å². The average Bonchev–Trinajstić information content (AvgIpc) is 3.24. The van der Waals surface area contributed by atoms with Crippen LogP contribution < -0.4 is 16.2 Å². The van der Waals surface area contributed by atoms with Crippen LogP contribution in [0.1, 0.15) is 34.6 Å². The Hall–Kier alpha value is -3.91. The zero-order valence-corrected chi connectivity index (χ0v) is 18.6. The highest BCUT2D eigenvalue weighted by molar-refractivity contribution is 5.92. The van der Waals surface area contributed by atoms with Gasteiger partial charge in [0.2, 0.25) is 0 Å². The molecule has 0 saturated carbocycles. The minimum Gasteiger partial charge on any atom is -0.502 e. The number of nitrogens with zero attached hydrogens (tertiary/aromatic N) is 2. The van der Waals surface area contributed by atoms with E-state index in [4.69, 9.17) is 4.74 Å². The lowest BCUT2D eigenvalue weighted by molar-refractivity contribution is 0.0946. The monoisotopic (exact) mass is 445 g/mol. The number of allylic oxidation sites excluding steroid dienone is 1. The molecule has 0 radical (unpaired) electrons. The van der Waals surface area contributed by atoms with Crippen LogP contribution in [0, 0.1) is 0 Å². The van der Waals surface area contributed by atoms with Gasteiger partial charge in [-0.3, -0.25) is 14.0 Å². The van der Waals surface area contributed by atoms with Gasteiger partial charge in [0.1, 0.15) is 11.3 Å². The molecule has 8 nitrogen and oxygen atoms in total. The molecule has 1 aromatic carbocycles. The first-order chi connectivity index (χ1) is 16.0. The van der Waals surface area contributed by atoms with E-state index in [0.29, 0.717) is 12.2 Å². The number of fused-ring (bicyclic) bond motifs is 2. The van der Waals surface area contributed by atoms with Crippen molar-refractivity contribution in [2.75, 3.05) is 13.7 Å². The van der Waals surface area contributed by atoms with Gasteiger partial charge < -0.3 is 20.4 Å². The van der Waals surface area contributed by atoms with Crippen molar-refractivity contribution in [3.05, 3.63) is 94.4 Å². The third-order valence-electron chi connectivity index (χ3n) is 5.41. The van der Waals surface area contributed by atoms with Crippen LogP contribution in [0.15, 0.2) is 71.9 Å². The number of pyridine rings is 1. The third kappa shape index (κ3) is 5.48. The highest BCUT2D eigenvalue weighted by atomic mass is 16.5. The number of ether oxygens (including phenoxy) is 1. The number of hydrogen-bond acceptors (Lipinski definition) is 5. The van der Waals surface area contributed by atoms with Crippen LogP contribution >= 0.6 is 0 Å². The van der Waals surface area contributed by atoms with Crippen molar-refractivity contribution in [3.63, 3.8) is 0 Å². The van der Waals surface area contributed by atoms with Gasteiger partial charge in [-0.1, -0.05) is 24.8 Å². The molecule has 0 fully saturated rings. The number of carbonyl (C=O) groups is 1. The highest BCUT2D eigenvalue weighted by Crippen LogP contribution is 2.17. The van der Waals surface area contributed by atoms with E-state index in [9.17, 15) is 9.59 Å². The second-order valence-electron chi connectivity index (χ2n) is 7.83. The molecule has 1 amide bonds. The van der Waals surface area contributed by atoms with Gasteiger partial charge >= 0.3 is 0 Å². The average molecular weight is 446 g/mol. The molecule has 4 aromatic rings. The Kier molecular flexibility index (Phi) is 6.85. The first kappa shape index (κ1) is 22.3. The van der Waals surface area contributed by atoms with E-state index in [0.717, 1.165) is 53.9 Å². The predicted molar refractivity (Wildman–Crippen MR) is 128 cm³/mol. The molecule has 3 N–H and O–H groups in total. The molecule has 0 unspecified atom stereocenters. The van der Waals surface area contributed by atoms with Gasteiger partial charge in [-0.25, -0.2) is 4.98 Å². The quantitative estimate of drug-likeness (QED) is 0.257. The highest BCUT2D eigenvalue weighted by Gasteiger charge is 2.11. The van der Waals surface area contributed by atoms with E-state index in [1.165, 1.54) is 10.5 Å². The molecule has 0 aliphatic rings. The van der Waals surface area contributed by atoms with Gasteiger partial charge in [0.15, 0.2) is 0 Å². The second-order valence-corrected chi connectivity index (χ2v) is 7.83. The number of carbonyl (C=O) groups excluding carboxylic acids is 1. The summed E-state index contributed by atoms with van der Waals surface area (Å²) in [6, 6.07) is 14.6. The molecule has 0 aliphatic carbocycles. The normalized spacial score (nSPS) is 11.1. The van der Waals surface area contributed by atoms with E-state index >= 15 is 0 Å². The van der Waals surface area contributed by atoms with Crippen LogP contribution in [-0.2, 0) is 17.8 Å². The van der Waals surface area contributed by atoms with Crippen molar-refractivity contribution in [2.45, 2.75) is 25.9 Å². The maximum Gasteiger partial charge on any atom is 0.270 e. The van der Waals surface area contributed by atoms with Crippen LogP contribution in [0.4, 0.5) is 0 Å². The van der Waals surface area contributed by atoms with Gasteiger partial charge in [-0.05, 0) is 48.2 Å². The lowest BCUT2D eigenvalue weighted by Crippen LogP contribution is -2.26.